The van der Waals surface area contributed by atoms with Crippen molar-refractivity contribution >= 4 is 6.03 Å². The fourth-order valence-corrected chi connectivity index (χ4v) is 6.05. The van der Waals surface area contributed by atoms with E-state index in [2.05, 4.69) is 5.32 Å². The van der Waals surface area contributed by atoms with Crippen LogP contribution in [0.25, 0.3) is 0 Å². The predicted octanol–water partition coefficient (Wildman–Crippen LogP) is 2.26. The van der Waals surface area contributed by atoms with Gasteiger partial charge < -0.3 is 19.7 Å². The third-order valence-corrected chi connectivity index (χ3v) is 6.45. The topological polar surface area (TPSA) is 50.8 Å². The van der Waals surface area contributed by atoms with Gasteiger partial charge in [0.2, 0.25) is 0 Å². The van der Waals surface area contributed by atoms with E-state index in [1.54, 1.807) is 0 Å². The number of carbonyl (C=O) groups excluding carboxylic acids is 1. The largest absolute Gasteiger partial charge is 0.376 e. The first-order valence-corrected chi connectivity index (χ1v) is 9.30. The lowest BCUT2D eigenvalue weighted by atomic mass is 9.49. The van der Waals surface area contributed by atoms with Crippen LogP contribution in [-0.2, 0) is 9.47 Å². The van der Waals surface area contributed by atoms with Gasteiger partial charge in [0.1, 0.15) is 0 Å². The quantitative estimate of drug-likeness (QED) is 0.864. The molecule has 23 heavy (non-hydrogen) atoms. The van der Waals surface area contributed by atoms with Gasteiger partial charge in [-0.05, 0) is 61.7 Å². The lowest BCUT2D eigenvalue weighted by molar-refractivity contribution is -0.0859. The molecule has 1 saturated heterocycles. The highest BCUT2D eigenvalue weighted by Crippen LogP contribution is 2.60. The Morgan fingerprint density at radius 2 is 1.78 bits per heavy atom. The van der Waals surface area contributed by atoms with E-state index >= 15 is 0 Å². The molecule has 1 heterocycles. The third-order valence-electron chi connectivity index (χ3n) is 6.45. The summed E-state index contributed by atoms with van der Waals surface area (Å²) in [6.45, 7) is 3.34. The number of ether oxygens (including phenoxy) is 2. The lowest BCUT2D eigenvalue weighted by Crippen LogP contribution is -2.53. The number of amides is 2. The molecule has 0 spiro atoms. The van der Waals surface area contributed by atoms with Crippen LogP contribution in [0.15, 0.2) is 0 Å². The number of nitrogens with zero attached hydrogens (tertiary/aromatic N) is 1. The molecule has 1 aliphatic heterocycles. The second kappa shape index (κ2) is 6.25. The number of carbonyl (C=O) groups is 1. The summed E-state index contributed by atoms with van der Waals surface area (Å²) in [5.74, 6) is 2.81. The fraction of sp³-hybridized carbons (Fsp3) is 0.944. The first-order valence-electron chi connectivity index (χ1n) is 9.30. The molecule has 5 aliphatic rings. The van der Waals surface area contributed by atoms with Crippen molar-refractivity contribution in [3.8, 4) is 0 Å². The van der Waals surface area contributed by atoms with Crippen molar-refractivity contribution in [3.63, 3.8) is 0 Å². The van der Waals surface area contributed by atoms with E-state index < -0.39 is 0 Å². The van der Waals surface area contributed by atoms with Crippen LogP contribution in [0.3, 0.4) is 0 Å². The van der Waals surface area contributed by atoms with Crippen molar-refractivity contribution in [1.29, 1.82) is 0 Å². The number of urea groups is 1. The van der Waals surface area contributed by atoms with E-state index in [1.807, 2.05) is 11.9 Å². The smallest absolute Gasteiger partial charge is 0.317 e. The number of rotatable bonds is 4. The van der Waals surface area contributed by atoms with Gasteiger partial charge in [-0.1, -0.05) is 0 Å². The number of hydrogen-bond donors (Lipinski definition) is 1. The first kappa shape index (κ1) is 15.7. The number of hydrogen-bond acceptors (Lipinski definition) is 3. The minimum atomic E-state index is 0.000601. The van der Waals surface area contributed by atoms with Gasteiger partial charge in [0, 0.05) is 20.1 Å². The fourth-order valence-electron chi connectivity index (χ4n) is 6.05. The van der Waals surface area contributed by atoms with E-state index in [4.69, 9.17) is 9.47 Å². The summed E-state index contributed by atoms with van der Waals surface area (Å²) < 4.78 is 11.0. The Morgan fingerprint density at radius 1 is 1.13 bits per heavy atom. The molecule has 4 aliphatic carbocycles. The van der Waals surface area contributed by atoms with Gasteiger partial charge in [-0.25, -0.2) is 4.79 Å². The van der Waals surface area contributed by atoms with E-state index in [1.165, 1.54) is 38.5 Å². The molecule has 4 saturated carbocycles. The van der Waals surface area contributed by atoms with E-state index in [-0.39, 0.29) is 12.1 Å². The monoisotopic (exact) mass is 322 g/mol. The van der Waals surface area contributed by atoms with Gasteiger partial charge in [0.15, 0.2) is 0 Å². The van der Waals surface area contributed by atoms with Gasteiger partial charge in [-0.15, -0.1) is 0 Å². The third kappa shape index (κ3) is 3.36. The van der Waals surface area contributed by atoms with Crippen molar-refractivity contribution in [1.82, 2.24) is 10.2 Å². The Labute approximate surface area is 139 Å². The van der Waals surface area contributed by atoms with Crippen molar-refractivity contribution < 1.29 is 14.3 Å². The summed E-state index contributed by atoms with van der Waals surface area (Å²) in [6, 6.07) is 0.0370. The second-order valence-corrected chi connectivity index (χ2v) is 8.53. The van der Waals surface area contributed by atoms with Gasteiger partial charge >= 0.3 is 6.03 Å². The second-order valence-electron chi connectivity index (χ2n) is 8.53. The molecule has 130 valence electrons. The summed E-state index contributed by atoms with van der Waals surface area (Å²) in [5.41, 5.74) is 0.408. The first-order chi connectivity index (χ1) is 11.1. The maximum atomic E-state index is 12.4. The molecule has 5 nitrogen and oxygen atoms in total. The molecule has 5 rings (SSSR count). The van der Waals surface area contributed by atoms with Gasteiger partial charge in [0.05, 0.1) is 25.9 Å². The normalized spacial score (nSPS) is 41.8. The molecule has 1 N–H and O–H groups in total. The van der Waals surface area contributed by atoms with Crippen LogP contribution >= 0.6 is 0 Å². The summed E-state index contributed by atoms with van der Waals surface area (Å²) in [6.07, 6.45) is 8.39. The minimum Gasteiger partial charge on any atom is -0.376 e. The highest BCUT2D eigenvalue weighted by molar-refractivity contribution is 5.73. The van der Waals surface area contributed by atoms with E-state index in [9.17, 15) is 4.79 Å². The maximum Gasteiger partial charge on any atom is 0.317 e. The molecule has 0 aromatic heterocycles. The van der Waals surface area contributed by atoms with Crippen LogP contribution in [-0.4, -0.2) is 57.0 Å². The van der Waals surface area contributed by atoms with Gasteiger partial charge in [0.25, 0.3) is 0 Å². The molecule has 1 atom stereocenters. The van der Waals surface area contributed by atoms with Crippen molar-refractivity contribution in [2.24, 2.45) is 23.2 Å². The van der Waals surface area contributed by atoms with E-state index in [0.717, 1.165) is 24.3 Å². The molecule has 1 unspecified atom stereocenters. The van der Waals surface area contributed by atoms with Gasteiger partial charge in [-0.3, -0.25) is 0 Å². The number of nitrogens with one attached hydrogen (secondary N) is 1. The molecular weight excluding hydrogens is 292 g/mol. The molecular formula is C18H30N2O3. The summed E-state index contributed by atoms with van der Waals surface area (Å²) in [4.78, 5) is 14.3. The molecule has 0 aromatic rings. The Hall–Kier alpha value is -0.810. The Balaban J connectivity index is 1.29. The van der Waals surface area contributed by atoms with Crippen LogP contribution < -0.4 is 5.32 Å². The Morgan fingerprint density at radius 3 is 2.35 bits per heavy atom. The molecule has 2 amide bonds. The zero-order chi connectivity index (χ0) is 15.9. The van der Waals surface area contributed by atoms with Crippen LogP contribution in [0.2, 0.25) is 0 Å². The average molecular weight is 322 g/mol. The standard InChI is InChI=1S/C18H30N2O3/c1-20(17(21)19-10-16-11-22-2-3-23-16)12-18-7-13-4-14(8-18)6-15(5-13)9-18/h13-16H,2-12H2,1H3,(H,19,21). The van der Waals surface area contributed by atoms with Crippen molar-refractivity contribution in [2.75, 3.05) is 40.0 Å². The highest BCUT2D eigenvalue weighted by Gasteiger charge is 2.51. The molecule has 0 radical (unpaired) electrons. The zero-order valence-corrected chi connectivity index (χ0v) is 14.3. The molecule has 5 heteroatoms. The highest BCUT2D eigenvalue weighted by atomic mass is 16.6. The van der Waals surface area contributed by atoms with Crippen LogP contribution in [0.4, 0.5) is 4.79 Å². The SMILES string of the molecule is CN(CC12CC3CC(CC(C3)C1)C2)C(=O)NCC1COCCO1. The van der Waals surface area contributed by atoms with Gasteiger partial charge in [-0.2, -0.15) is 0 Å². The maximum absolute atomic E-state index is 12.4. The summed E-state index contributed by atoms with van der Waals surface area (Å²) in [7, 11) is 1.95. The summed E-state index contributed by atoms with van der Waals surface area (Å²) >= 11 is 0. The average Bonchev–Trinajstić information content (AvgIpc) is 2.51. The summed E-state index contributed by atoms with van der Waals surface area (Å²) in [5, 5.41) is 3.02. The van der Waals surface area contributed by atoms with Crippen LogP contribution in [0.5, 0.6) is 0 Å². The molecule has 5 fully saturated rings. The Bertz CT molecular complexity index is 412. The zero-order valence-electron chi connectivity index (χ0n) is 14.3. The van der Waals surface area contributed by atoms with Crippen molar-refractivity contribution in [3.05, 3.63) is 0 Å². The van der Waals surface area contributed by atoms with E-state index in [0.29, 0.717) is 31.8 Å². The molecule has 0 aromatic carbocycles. The predicted molar refractivity (Wildman–Crippen MR) is 87.2 cm³/mol. The molecule has 4 bridgehead atoms. The van der Waals surface area contributed by atoms with Crippen LogP contribution in [0.1, 0.15) is 38.5 Å². The van der Waals surface area contributed by atoms with Crippen molar-refractivity contribution in [2.45, 2.75) is 44.6 Å². The lowest BCUT2D eigenvalue weighted by Gasteiger charge is -2.57. The van der Waals surface area contributed by atoms with Crippen LogP contribution in [0, 0.1) is 23.2 Å². The Kier molecular flexibility index (Phi) is 4.26. The minimum absolute atomic E-state index is 0.000601.